The van der Waals surface area contributed by atoms with Crippen LogP contribution < -0.4 is 10.6 Å². The smallest absolute Gasteiger partial charge is 0.225 e. The second-order valence-electron chi connectivity index (χ2n) is 6.66. The fourth-order valence-electron chi connectivity index (χ4n) is 3.31. The van der Waals surface area contributed by atoms with Crippen LogP contribution in [0.4, 0.5) is 11.8 Å². The van der Waals surface area contributed by atoms with Crippen LogP contribution in [0.15, 0.2) is 60.9 Å². The quantitative estimate of drug-likeness (QED) is 0.688. The van der Waals surface area contributed by atoms with E-state index in [1.54, 1.807) is 12.4 Å². The monoisotopic (exact) mass is 345 g/mol. The molecule has 1 fully saturated rings. The molecule has 26 heavy (non-hydrogen) atoms. The van der Waals surface area contributed by atoms with Gasteiger partial charge < -0.3 is 10.6 Å². The van der Waals surface area contributed by atoms with Crippen molar-refractivity contribution in [2.45, 2.75) is 38.3 Å². The van der Waals surface area contributed by atoms with Gasteiger partial charge in [-0.25, -0.2) is 4.98 Å². The van der Waals surface area contributed by atoms with Gasteiger partial charge in [0.2, 0.25) is 5.95 Å². The topological polar surface area (TPSA) is 62.7 Å². The Morgan fingerprint density at radius 3 is 2.46 bits per heavy atom. The summed E-state index contributed by atoms with van der Waals surface area (Å²) < 4.78 is 0. The van der Waals surface area contributed by atoms with Crippen LogP contribution in [0.1, 0.15) is 31.2 Å². The maximum absolute atomic E-state index is 4.73. The molecule has 1 aliphatic rings. The zero-order valence-corrected chi connectivity index (χ0v) is 14.7. The van der Waals surface area contributed by atoms with Crippen molar-refractivity contribution in [1.82, 2.24) is 15.0 Å². The van der Waals surface area contributed by atoms with E-state index in [4.69, 9.17) is 4.98 Å². The molecule has 4 rings (SSSR count). The molecule has 0 spiro atoms. The number of nitrogens with zero attached hydrogens (tertiary/aromatic N) is 3. The molecule has 0 aliphatic heterocycles. The van der Waals surface area contributed by atoms with Gasteiger partial charge in [0.1, 0.15) is 5.82 Å². The lowest BCUT2D eigenvalue weighted by Crippen LogP contribution is -2.17. The molecule has 0 amide bonds. The predicted octanol–water partition coefficient (Wildman–Crippen LogP) is 4.51. The van der Waals surface area contributed by atoms with Crippen LogP contribution in [0.3, 0.4) is 0 Å². The van der Waals surface area contributed by atoms with Gasteiger partial charge in [0, 0.05) is 36.6 Å². The zero-order chi connectivity index (χ0) is 17.6. The molecular formula is C21H23N5. The third-order valence-electron chi connectivity index (χ3n) is 4.71. The Labute approximate surface area is 153 Å². The molecule has 2 heterocycles. The third-order valence-corrected chi connectivity index (χ3v) is 4.71. The van der Waals surface area contributed by atoms with Crippen LogP contribution in [0.5, 0.6) is 0 Å². The van der Waals surface area contributed by atoms with Gasteiger partial charge in [-0.05, 0) is 30.5 Å². The highest BCUT2D eigenvalue weighted by molar-refractivity contribution is 5.64. The third kappa shape index (κ3) is 4.17. The Hall–Kier alpha value is -2.95. The minimum absolute atomic E-state index is 0.477. The molecule has 0 bridgehead atoms. The van der Waals surface area contributed by atoms with Gasteiger partial charge in [-0.2, -0.15) is 4.98 Å². The van der Waals surface area contributed by atoms with Crippen molar-refractivity contribution < 1.29 is 0 Å². The Morgan fingerprint density at radius 2 is 1.69 bits per heavy atom. The number of anilines is 2. The summed E-state index contributed by atoms with van der Waals surface area (Å²) in [6.45, 7) is 0.733. The summed E-state index contributed by atoms with van der Waals surface area (Å²) in [6.07, 6.45) is 8.52. The van der Waals surface area contributed by atoms with E-state index in [1.807, 2.05) is 36.4 Å². The minimum Gasteiger partial charge on any atom is -0.366 e. The number of nitrogens with one attached hydrogen (secondary N) is 2. The molecule has 3 aromatic rings. The van der Waals surface area contributed by atoms with Crippen molar-refractivity contribution in [2.75, 3.05) is 10.6 Å². The van der Waals surface area contributed by atoms with Crippen molar-refractivity contribution in [1.29, 1.82) is 0 Å². The van der Waals surface area contributed by atoms with Crippen LogP contribution in [0.25, 0.3) is 11.3 Å². The Bertz CT molecular complexity index is 830. The fraction of sp³-hybridized carbons (Fsp3) is 0.286. The van der Waals surface area contributed by atoms with Gasteiger partial charge in [0.25, 0.3) is 0 Å². The van der Waals surface area contributed by atoms with E-state index in [2.05, 4.69) is 32.7 Å². The standard InChI is InChI=1S/C21H23N5/c1-2-6-16(7-3-1)15-23-20-14-19(17-10-12-22-13-11-17)25-21(26-20)24-18-8-4-5-9-18/h1-3,6-7,10-14,18H,4-5,8-9,15H2,(H2,23,24,25,26). The Morgan fingerprint density at radius 1 is 0.923 bits per heavy atom. The molecule has 0 radical (unpaired) electrons. The van der Waals surface area contributed by atoms with E-state index >= 15 is 0 Å². The summed E-state index contributed by atoms with van der Waals surface area (Å²) >= 11 is 0. The van der Waals surface area contributed by atoms with Crippen molar-refractivity contribution in [3.8, 4) is 11.3 Å². The van der Waals surface area contributed by atoms with Gasteiger partial charge in [0.15, 0.2) is 0 Å². The number of rotatable bonds is 6. The van der Waals surface area contributed by atoms with Gasteiger partial charge in [-0.15, -0.1) is 0 Å². The fourth-order valence-corrected chi connectivity index (χ4v) is 3.31. The maximum Gasteiger partial charge on any atom is 0.225 e. The average molecular weight is 345 g/mol. The number of benzene rings is 1. The van der Waals surface area contributed by atoms with Crippen LogP contribution in [0.2, 0.25) is 0 Å². The number of aromatic nitrogens is 3. The summed E-state index contributed by atoms with van der Waals surface area (Å²) in [7, 11) is 0. The second-order valence-corrected chi connectivity index (χ2v) is 6.66. The average Bonchev–Trinajstić information content (AvgIpc) is 3.21. The molecule has 0 saturated heterocycles. The van der Waals surface area contributed by atoms with Crippen LogP contribution >= 0.6 is 0 Å². The Kier molecular flexibility index (Phi) is 5.05. The molecule has 1 saturated carbocycles. The van der Waals surface area contributed by atoms with Gasteiger partial charge in [0.05, 0.1) is 5.69 Å². The SMILES string of the molecule is c1ccc(CNc2cc(-c3ccncc3)nc(NC3CCCC3)n2)cc1. The second kappa shape index (κ2) is 7.95. The van der Waals surface area contributed by atoms with Gasteiger partial charge >= 0.3 is 0 Å². The zero-order valence-electron chi connectivity index (χ0n) is 14.7. The molecule has 0 unspecified atom stereocenters. The van der Waals surface area contributed by atoms with Crippen LogP contribution in [0, 0.1) is 0 Å². The summed E-state index contributed by atoms with van der Waals surface area (Å²) in [5, 5.41) is 6.94. The van der Waals surface area contributed by atoms with Crippen molar-refractivity contribution in [2.24, 2.45) is 0 Å². The lowest BCUT2D eigenvalue weighted by molar-refractivity contribution is 0.744. The van der Waals surface area contributed by atoms with E-state index in [0.29, 0.717) is 12.0 Å². The number of pyridine rings is 1. The molecule has 2 aromatic heterocycles. The molecular weight excluding hydrogens is 322 g/mol. The molecule has 132 valence electrons. The first-order valence-electron chi connectivity index (χ1n) is 9.21. The number of hydrogen-bond acceptors (Lipinski definition) is 5. The lowest BCUT2D eigenvalue weighted by atomic mass is 10.2. The maximum atomic E-state index is 4.73. The van der Waals surface area contributed by atoms with Gasteiger partial charge in [-0.1, -0.05) is 43.2 Å². The first-order valence-corrected chi connectivity index (χ1v) is 9.21. The van der Waals surface area contributed by atoms with Crippen molar-refractivity contribution in [3.05, 3.63) is 66.5 Å². The lowest BCUT2D eigenvalue weighted by Gasteiger charge is -2.15. The molecule has 0 atom stereocenters. The molecule has 5 nitrogen and oxygen atoms in total. The van der Waals surface area contributed by atoms with Crippen molar-refractivity contribution in [3.63, 3.8) is 0 Å². The van der Waals surface area contributed by atoms with Crippen LogP contribution in [-0.2, 0) is 6.54 Å². The van der Waals surface area contributed by atoms with Crippen molar-refractivity contribution >= 4 is 11.8 Å². The molecule has 5 heteroatoms. The Balaban J connectivity index is 1.58. The highest BCUT2D eigenvalue weighted by Gasteiger charge is 2.16. The molecule has 1 aliphatic carbocycles. The van der Waals surface area contributed by atoms with Crippen LogP contribution in [-0.4, -0.2) is 21.0 Å². The van der Waals surface area contributed by atoms with E-state index < -0.39 is 0 Å². The van der Waals surface area contributed by atoms with Gasteiger partial charge in [-0.3, -0.25) is 4.98 Å². The largest absolute Gasteiger partial charge is 0.366 e. The summed E-state index contributed by atoms with van der Waals surface area (Å²) in [4.78, 5) is 13.5. The minimum atomic E-state index is 0.477. The normalized spacial score (nSPS) is 14.3. The predicted molar refractivity (Wildman–Crippen MR) is 105 cm³/mol. The summed E-state index contributed by atoms with van der Waals surface area (Å²) in [6, 6.07) is 16.8. The van der Waals surface area contributed by atoms with E-state index in [-0.39, 0.29) is 0 Å². The highest BCUT2D eigenvalue weighted by Crippen LogP contribution is 2.24. The highest BCUT2D eigenvalue weighted by atomic mass is 15.2. The number of hydrogen-bond donors (Lipinski definition) is 2. The summed E-state index contributed by atoms with van der Waals surface area (Å²) in [5.41, 5.74) is 3.17. The van der Waals surface area contributed by atoms with E-state index in [1.165, 1.54) is 31.2 Å². The molecule has 1 aromatic carbocycles. The van der Waals surface area contributed by atoms with E-state index in [9.17, 15) is 0 Å². The first kappa shape index (κ1) is 16.5. The molecule has 2 N–H and O–H groups in total. The first-order chi connectivity index (χ1) is 12.9. The van der Waals surface area contributed by atoms with E-state index in [0.717, 1.165) is 23.6 Å². The summed E-state index contributed by atoms with van der Waals surface area (Å²) in [5.74, 6) is 1.53.